The lowest BCUT2D eigenvalue weighted by Crippen LogP contribution is -2.13. The van der Waals surface area contributed by atoms with Gasteiger partial charge in [-0.05, 0) is 47.8 Å². The van der Waals surface area contributed by atoms with Gasteiger partial charge in [-0.1, -0.05) is 24.6 Å². The summed E-state index contributed by atoms with van der Waals surface area (Å²) in [6.07, 6.45) is 2.53. The van der Waals surface area contributed by atoms with Crippen LogP contribution < -0.4 is 10.1 Å². The number of rotatable bonds is 6. The van der Waals surface area contributed by atoms with Crippen LogP contribution >= 0.6 is 15.9 Å². The number of aromatic nitrogens is 2. The average Bonchev–Trinajstić information content (AvgIpc) is 2.48. The molecular formula is C16H20BrN3O. The van der Waals surface area contributed by atoms with Crippen LogP contribution in [-0.2, 0) is 6.42 Å². The fourth-order valence-corrected chi connectivity index (χ4v) is 2.38. The maximum absolute atomic E-state index is 5.85. The first-order chi connectivity index (χ1) is 10.1. The largest absolute Gasteiger partial charge is 0.491 e. The van der Waals surface area contributed by atoms with Crippen LogP contribution in [0.1, 0.15) is 23.7 Å². The van der Waals surface area contributed by atoms with Gasteiger partial charge in [0.1, 0.15) is 24.5 Å². The number of nitrogens with zero attached hydrogens (tertiary/aromatic N) is 2. The first-order valence-electron chi connectivity index (χ1n) is 7.05. The van der Waals surface area contributed by atoms with Crippen LogP contribution in [0.4, 0.5) is 5.82 Å². The van der Waals surface area contributed by atoms with Gasteiger partial charge in [0.15, 0.2) is 0 Å². The summed E-state index contributed by atoms with van der Waals surface area (Å²) in [6.45, 7) is 7.45. The number of nitrogens with one attached hydrogen (secondary N) is 1. The predicted molar refractivity (Wildman–Crippen MR) is 89.0 cm³/mol. The molecule has 5 heteroatoms. The van der Waals surface area contributed by atoms with E-state index in [2.05, 4.69) is 57.2 Å². The Labute approximate surface area is 134 Å². The van der Waals surface area contributed by atoms with Gasteiger partial charge in [-0.25, -0.2) is 9.97 Å². The summed E-state index contributed by atoms with van der Waals surface area (Å²) in [6, 6.07) is 6.29. The smallest absolute Gasteiger partial charge is 0.144 e. The maximum Gasteiger partial charge on any atom is 0.144 e. The van der Waals surface area contributed by atoms with Crippen LogP contribution in [0.5, 0.6) is 5.75 Å². The average molecular weight is 350 g/mol. The first kappa shape index (κ1) is 15.8. The Kier molecular flexibility index (Phi) is 5.56. The van der Waals surface area contributed by atoms with Gasteiger partial charge in [0.05, 0.1) is 16.7 Å². The van der Waals surface area contributed by atoms with E-state index in [1.54, 1.807) is 6.33 Å². The van der Waals surface area contributed by atoms with E-state index in [9.17, 15) is 0 Å². The minimum atomic E-state index is 0.589. The minimum absolute atomic E-state index is 0.589. The van der Waals surface area contributed by atoms with E-state index < -0.39 is 0 Å². The topological polar surface area (TPSA) is 47.0 Å². The summed E-state index contributed by atoms with van der Waals surface area (Å²) in [5.74, 6) is 1.76. The molecule has 2 rings (SSSR count). The Morgan fingerprint density at radius 2 is 2.05 bits per heavy atom. The summed E-state index contributed by atoms with van der Waals surface area (Å²) < 4.78 is 6.75. The van der Waals surface area contributed by atoms with Crippen molar-refractivity contribution >= 4 is 21.7 Å². The van der Waals surface area contributed by atoms with E-state index in [0.717, 1.165) is 28.2 Å². The predicted octanol–water partition coefficient (Wildman–Crippen LogP) is 3.91. The summed E-state index contributed by atoms with van der Waals surface area (Å²) >= 11 is 3.48. The molecule has 1 N–H and O–H groups in total. The molecule has 0 aliphatic heterocycles. The molecule has 0 amide bonds. The van der Waals surface area contributed by atoms with Crippen LogP contribution in [0.3, 0.4) is 0 Å². The molecule has 0 saturated heterocycles. The molecule has 0 radical (unpaired) electrons. The fourth-order valence-electron chi connectivity index (χ4n) is 2.04. The lowest BCUT2D eigenvalue weighted by atomic mass is 10.1. The third-order valence-electron chi connectivity index (χ3n) is 3.21. The Morgan fingerprint density at radius 1 is 1.24 bits per heavy atom. The highest BCUT2D eigenvalue weighted by atomic mass is 79.9. The monoisotopic (exact) mass is 349 g/mol. The second-order valence-electron chi connectivity index (χ2n) is 4.86. The summed E-state index contributed by atoms with van der Waals surface area (Å²) in [5, 5.41) is 3.25. The van der Waals surface area contributed by atoms with Gasteiger partial charge < -0.3 is 10.1 Å². The highest BCUT2D eigenvalue weighted by molar-refractivity contribution is 9.10. The Hall–Kier alpha value is -1.62. The van der Waals surface area contributed by atoms with Crippen molar-refractivity contribution < 1.29 is 4.74 Å². The van der Waals surface area contributed by atoms with Crippen molar-refractivity contribution in [2.75, 3.05) is 18.5 Å². The zero-order chi connectivity index (χ0) is 15.2. The van der Waals surface area contributed by atoms with Crippen LogP contribution in [0.15, 0.2) is 29.0 Å². The maximum atomic E-state index is 5.85. The summed E-state index contributed by atoms with van der Waals surface area (Å²) in [7, 11) is 0. The van der Waals surface area contributed by atoms with Crippen molar-refractivity contribution in [2.45, 2.75) is 27.2 Å². The lowest BCUT2D eigenvalue weighted by molar-refractivity contribution is 0.329. The molecular weight excluding hydrogens is 330 g/mol. The second kappa shape index (κ2) is 7.41. The highest BCUT2D eigenvalue weighted by Gasteiger charge is 2.05. The molecule has 0 bridgehead atoms. The standard InChI is InChI=1S/C16H20BrN3O/c1-4-13-9-11(2)5-6-14(13)21-8-7-18-16-15(17)12(3)19-10-20-16/h5-6,9-10H,4,7-8H2,1-3H3,(H,18,19,20). The van der Waals surface area contributed by atoms with Crippen molar-refractivity contribution in [1.82, 2.24) is 9.97 Å². The zero-order valence-corrected chi connectivity index (χ0v) is 14.2. The Bertz CT molecular complexity index is 616. The van der Waals surface area contributed by atoms with Gasteiger partial charge >= 0.3 is 0 Å². The van der Waals surface area contributed by atoms with Crippen LogP contribution in [0.25, 0.3) is 0 Å². The molecule has 0 aliphatic carbocycles. The van der Waals surface area contributed by atoms with E-state index in [4.69, 9.17) is 4.74 Å². The summed E-state index contributed by atoms with van der Waals surface area (Å²) in [4.78, 5) is 8.32. The SMILES string of the molecule is CCc1cc(C)ccc1OCCNc1ncnc(C)c1Br. The van der Waals surface area contributed by atoms with E-state index >= 15 is 0 Å². The van der Waals surface area contributed by atoms with Gasteiger partial charge in [0.25, 0.3) is 0 Å². The molecule has 0 saturated carbocycles. The molecule has 0 atom stereocenters. The van der Waals surface area contributed by atoms with Crippen LogP contribution in [0.2, 0.25) is 0 Å². The van der Waals surface area contributed by atoms with Crippen molar-refractivity contribution in [3.63, 3.8) is 0 Å². The van der Waals surface area contributed by atoms with E-state index in [1.807, 2.05) is 13.0 Å². The Balaban J connectivity index is 1.89. The molecule has 21 heavy (non-hydrogen) atoms. The van der Waals surface area contributed by atoms with E-state index in [1.165, 1.54) is 11.1 Å². The van der Waals surface area contributed by atoms with E-state index in [-0.39, 0.29) is 0 Å². The van der Waals surface area contributed by atoms with E-state index in [0.29, 0.717) is 13.2 Å². The van der Waals surface area contributed by atoms with Crippen molar-refractivity contribution in [1.29, 1.82) is 0 Å². The number of hydrogen-bond acceptors (Lipinski definition) is 4. The number of hydrogen-bond donors (Lipinski definition) is 1. The fraction of sp³-hybridized carbons (Fsp3) is 0.375. The minimum Gasteiger partial charge on any atom is -0.491 e. The van der Waals surface area contributed by atoms with Crippen molar-refractivity contribution in [3.05, 3.63) is 45.8 Å². The molecule has 0 unspecified atom stereocenters. The number of anilines is 1. The van der Waals surface area contributed by atoms with Gasteiger partial charge in [0, 0.05) is 0 Å². The number of benzene rings is 1. The van der Waals surface area contributed by atoms with Crippen LogP contribution in [-0.4, -0.2) is 23.1 Å². The van der Waals surface area contributed by atoms with Gasteiger partial charge in [-0.3, -0.25) is 0 Å². The van der Waals surface area contributed by atoms with Gasteiger partial charge in [-0.2, -0.15) is 0 Å². The highest BCUT2D eigenvalue weighted by Crippen LogP contribution is 2.22. The third kappa shape index (κ3) is 4.17. The molecule has 0 aliphatic rings. The normalized spacial score (nSPS) is 10.5. The lowest BCUT2D eigenvalue weighted by Gasteiger charge is -2.12. The second-order valence-corrected chi connectivity index (χ2v) is 5.65. The number of halogens is 1. The Morgan fingerprint density at radius 3 is 2.81 bits per heavy atom. The zero-order valence-electron chi connectivity index (χ0n) is 12.6. The molecule has 0 spiro atoms. The van der Waals surface area contributed by atoms with Crippen molar-refractivity contribution in [3.8, 4) is 5.75 Å². The molecule has 0 fully saturated rings. The number of ether oxygens (including phenoxy) is 1. The number of aryl methyl sites for hydroxylation is 3. The first-order valence-corrected chi connectivity index (χ1v) is 7.84. The molecule has 4 nitrogen and oxygen atoms in total. The third-order valence-corrected chi connectivity index (χ3v) is 4.16. The van der Waals surface area contributed by atoms with Crippen LogP contribution in [0, 0.1) is 13.8 Å². The molecule has 1 aromatic heterocycles. The quantitative estimate of drug-likeness (QED) is 0.803. The molecule has 112 valence electrons. The molecule has 1 heterocycles. The molecule has 1 aromatic carbocycles. The van der Waals surface area contributed by atoms with Crippen molar-refractivity contribution in [2.24, 2.45) is 0 Å². The van der Waals surface area contributed by atoms with Gasteiger partial charge in [0.2, 0.25) is 0 Å². The van der Waals surface area contributed by atoms with Gasteiger partial charge in [-0.15, -0.1) is 0 Å². The summed E-state index contributed by atoms with van der Waals surface area (Å²) in [5.41, 5.74) is 3.42. The molecule has 2 aromatic rings.